The summed E-state index contributed by atoms with van der Waals surface area (Å²) in [6.45, 7) is 3.93. The number of para-hydroxylation sites is 1. The summed E-state index contributed by atoms with van der Waals surface area (Å²) >= 11 is 0. The van der Waals surface area contributed by atoms with Gasteiger partial charge < -0.3 is 14.3 Å². The number of carboxylic acids is 1. The van der Waals surface area contributed by atoms with E-state index in [9.17, 15) is 9.90 Å². The molecule has 0 unspecified atom stereocenters. The lowest BCUT2D eigenvalue weighted by Gasteiger charge is -2.29. The van der Waals surface area contributed by atoms with Crippen LogP contribution in [0.5, 0.6) is 5.75 Å². The van der Waals surface area contributed by atoms with Crippen molar-refractivity contribution in [1.29, 1.82) is 0 Å². The van der Waals surface area contributed by atoms with Gasteiger partial charge in [0.2, 0.25) is 0 Å². The van der Waals surface area contributed by atoms with Crippen LogP contribution < -0.4 is 4.74 Å². The van der Waals surface area contributed by atoms with Gasteiger partial charge in [0.1, 0.15) is 17.0 Å². The fourth-order valence-electron chi connectivity index (χ4n) is 5.66. The van der Waals surface area contributed by atoms with Crippen LogP contribution in [0.3, 0.4) is 0 Å². The van der Waals surface area contributed by atoms with Gasteiger partial charge in [0, 0.05) is 10.9 Å². The van der Waals surface area contributed by atoms with Crippen LogP contribution in [-0.2, 0) is 0 Å². The lowest BCUT2D eigenvalue weighted by Crippen LogP contribution is -2.23. The van der Waals surface area contributed by atoms with E-state index in [0.717, 1.165) is 47.8 Å². The molecule has 0 amide bonds. The van der Waals surface area contributed by atoms with Crippen LogP contribution >= 0.6 is 0 Å². The molecule has 1 aliphatic rings. The second-order valence-electron chi connectivity index (χ2n) is 10.0. The molecule has 6 rings (SSSR count). The summed E-state index contributed by atoms with van der Waals surface area (Å²) in [4.78, 5) is 17.4. The van der Waals surface area contributed by atoms with Crippen LogP contribution in [0.4, 0.5) is 0 Å². The molecule has 1 aliphatic carbocycles. The zero-order valence-corrected chi connectivity index (χ0v) is 21.0. The minimum atomic E-state index is -1.01. The maximum absolute atomic E-state index is 12.5. The summed E-state index contributed by atoms with van der Waals surface area (Å²) in [6, 6.07) is 23.9. The van der Waals surface area contributed by atoms with Crippen LogP contribution in [0.15, 0.2) is 77.2 Å². The Labute approximate surface area is 215 Å². The van der Waals surface area contributed by atoms with E-state index in [4.69, 9.17) is 14.1 Å². The second-order valence-corrected chi connectivity index (χ2v) is 10.0. The highest BCUT2D eigenvalue weighted by Crippen LogP contribution is 2.39. The summed E-state index contributed by atoms with van der Waals surface area (Å²) < 4.78 is 12.6. The Hall–Kier alpha value is -4.12. The topological polar surface area (TPSA) is 72.6 Å². The number of rotatable bonds is 5. The largest absolute Gasteiger partial charge is 0.490 e. The van der Waals surface area contributed by atoms with E-state index in [1.54, 1.807) is 6.07 Å². The molecule has 37 heavy (non-hydrogen) atoms. The number of aryl methyl sites for hydroxylation is 2. The van der Waals surface area contributed by atoms with E-state index < -0.39 is 5.97 Å². The van der Waals surface area contributed by atoms with Gasteiger partial charge >= 0.3 is 5.97 Å². The highest BCUT2D eigenvalue weighted by atomic mass is 16.5. The van der Waals surface area contributed by atoms with Gasteiger partial charge in [-0.15, -0.1) is 0 Å². The first-order chi connectivity index (χ1) is 18.0. The molecule has 3 aromatic carbocycles. The maximum Gasteiger partial charge on any atom is 0.336 e. The van der Waals surface area contributed by atoms with E-state index in [1.165, 1.54) is 5.56 Å². The molecule has 1 saturated carbocycles. The van der Waals surface area contributed by atoms with Crippen LogP contribution in [0.25, 0.3) is 33.3 Å². The van der Waals surface area contributed by atoms with Crippen molar-refractivity contribution >= 4 is 27.8 Å². The first-order valence-corrected chi connectivity index (χ1v) is 12.9. The molecule has 2 aromatic heterocycles. The fraction of sp³-hybridized carbons (Fsp3) is 0.250. The average Bonchev–Trinajstić information content (AvgIpc) is 3.27. The first kappa shape index (κ1) is 23.3. The van der Waals surface area contributed by atoms with E-state index in [-0.39, 0.29) is 11.7 Å². The molecule has 0 spiro atoms. The molecule has 1 fully saturated rings. The normalized spacial score (nSPS) is 17.8. The zero-order valence-electron chi connectivity index (χ0n) is 21.0. The Morgan fingerprint density at radius 3 is 2.41 bits per heavy atom. The van der Waals surface area contributed by atoms with Crippen LogP contribution in [0, 0.1) is 13.8 Å². The van der Waals surface area contributed by atoms with Gasteiger partial charge in [-0.2, -0.15) is 0 Å². The van der Waals surface area contributed by atoms with Crippen LogP contribution in [0.1, 0.15) is 58.6 Å². The molecule has 0 atom stereocenters. The monoisotopic (exact) mass is 491 g/mol. The molecular formula is C32H29NO4. The Balaban J connectivity index is 1.36. The summed E-state index contributed by atoms with van der Waals surface area (Å²) in [5.41, 5.74) is 5.30. The Kier molecular flexibility index (Phi) is 5.91. The van der Waals surface area contributed by atoms with Gasteiger partial charge in [-0.25, -0.2) is 9.78 Å². The smallest absolute Gasteiger partial charge is 0.336 e. The number of pyridine rings is 1. The zero-order chi connectivity index (χ0) is 25.5. The van der Waals surface area contributed by atoms with Crippen molar-refractivity contribution in [2.75, 3.05) is 0 Å². The highest BCUT2D eigenvalue weighted by Gasteiger charge is 2.26. The molecule has 0 saturated heterocycles. The Morgan fingerprint density at radius 1 is 0.946 bits per heavy atom. The predicted octanol–water partition coefficient (Wildman–Crippen LogP) is 8.07. The molecule has 5 heteroatoms. The summed E-state index contributed by atoms with van der Waals surface area (Å²) in [5, 5.41) is 11.8. The Morgan fingerprint density at radius 2 is 1.68 bits per heavy atom. The third-order valence-corrected chi connectivity index (χ3v) is 7.67. The molecule has 5 aromatic rings. The SMILES string of the molecule is Cc1c(-c2cc(C(=O)O)c3c(OC4CCC(c5ccccc5)CC4)ccc(C)c3n2)oc2ccccc12. The van der Waals surface area contributed by atoms with Crippen molar-refractivity contribution in [1.82, 2.24) is 4.98 Å². The summed E-state index contributed by atoms with van der Waals surface area (Å²) in [5.74, 6) is 0.712. The number of benzene rings is 3. The number of carboxylic acid groups (broad SMARTS) is 1. The lowest BCUT2D eigenvalue weighted by molar-refractivity contribution is 0.0698. The minimum Gasteiger partial charge on any atom is -0.490 e. The molecule has 5 nitrogen and oxygen atoms in total. The standard InChI is InChI=1S/C32H29NO4/c1-19-12-17-28(36-23-15-13-22(14-16-23)21-8-4-3-5-9-21)29-25(32(34)35)18-26(33-30(19)29)31-20(2)24-10-6-7-11-27(24)37-31/h3-12,17-18,22-23H,13-16H2,1-2H3,(H,34,35). The van der Waals surface area contributed by atoms with Gasteiger partial charge in [-0.3, -0.25) is 0 Å². The minimum absolute atomic E-state index is 0.0461. The number of fused-ring (bicyclic) bond motifs is 2. The third-order valence-electron chi connectivity index (χ3n) is 7.67. The van der Waals surface area contributed by atoms with Crippen molar-refractivity contribution in [3.63, 3.8) is 0 Å². The molecule has 186 valence electrons. The van der Waals surface area contributed by atoms with E-state index in [1.807, 2.05) is 50.2 Å². The van der Waals surface area contributed by atoms with Gasteiger partial charge in [0.15, 0.2) is 5.76 Å². The molecule has 0 aliphatic heterocycles. The molecule has 0 bridgehead atoms. The number of furan rings is 1. The second kappa shape index (κ2) is 9.40. The molecule has 0 radical (unpaired) electrons. The van der Waals surface area contributed by atoms with Crippen molar-refractivity contribution in [3.05, 3.63) is 95.1 Å². The number of ether oxygens (including phenoxy) is 1. The quantitative estimate of drug-likeness (QED) is 0.269. The van der Waals surface area contributed by atoms with Crippen molar-refractivity contribution in [2.45, 2.75) is 51.6 Å². The summed E-state index contributed by atoms with van der Waals surface area (Å²) in [7, 11) is 0. The van der Waals surface area contributed by atoms with Gasteiger partial charge in [-0.05, 0) is 74.8 Å². The molecule has 2 heterocycles. The van der Waals surface area contributed by atoms with Gasteiger partial charge in [0.05, 0.1) is 22.6 Å². The molecular weight excluding hydrogens is 462 g/mol. The number of carbonyl (C=O) groups is 1. The van der Waals surface area contributed by atoms with Crippen LogP contribution in [0.2, 0.25) is 0 Å². The number of nitrogens with zero attached hydrogens (tertiary/aromatic N) is 1. The Bertz CT molecular complexity index is 1610. The third kappa shape index (κ3) is 4.25. The molecule has 1 N–H and O–H groups in total. The van der Waals surface area contributed by atoms with E-state index in [2.05, 4.69) is 30.3 Å². The summed E-state index contributed by atoms with van der Waals surface area (Å²) in [6.07, 6.45) is 4.02. The van der Waals surface area contributed by atoms with E-state index in [0.29, 0.717) is 34.0 Å². The van der Waals surface area contributed by atoms with Gasteiger partial charge in [-0.1, -0.05) is 54.6 Å². The predicted molar refractivity (Wildman–Crippen MR) is 145 cm³/mol. The number of hydrogen-bond acceptors (Lipinski definition) is 4. The highest BCUT2D eigenvalue weighted by molar-refractivity contribution is 6.07. The number of hydrogen-bond donors (Lipinski definition) is 1. The van der Waals surface area contributed by atoms with Crippen molar-refractivity contribution in [3.8, 4) is 17.2 Å². The fourth-order valence-corrected chi connectivity index (χ4v) is 5.66. The van der Waals surface area contributed by atoms with Crippen LogP contribution in [-0.4, -0.2) is 22.2 Å². The number of aromatic carboxylic acids is 1. The first-order valence-electron chi connectivity index (χ1n) is 12.9. The van der Waals surface area contributed by atoms with Crippen molar-refractivity contribution < 1.29 is 19.1 Å². The van der Waals surface area contributed by atoms with E-state index >= 15 is 0 Å². The van der Waals surface area contributed by atoms with Crippen molar-refractivity contribution in [2.24, 2.45) is 0 Å². The average molecular weight is 492 g/mol. The van der Waals surface area contributed by atoms with Gasteiger partial charge in [0.25, 0.3) is 0 Å². The number of aromatic nitrogens is 1. The lowest BCUT2D eigenvalue weighted by atomic mass is 9.83. The maximum atomic E-state index is 12.5.